The second kappa shape index (κ2) is 4.24. The largest absolute Gasteiger partial charge is 0.507 e. The standard InChI is InChI=1S/C9H10FNO4/c10-5-2-1-4(9(14)15)8(13)7(5)6(11)3-12/h1-2,6,12-13H,3,11H2,(H,14,15)/t6-/m0/s1. The molecular weight excluding hydrogens is 205 g/mol. The van der Waals surface area contributed by atoms with E-state index in [9.17, 15) is 14.3 Å². The van der Waals surface area contributed by atoms with E-state index in [0.717, 1.165) is 12.1 Å². The molecule has 1 rings (SSSR count). The molecule has 0 aromatic heterocycles. The van der Waals surface area contributed by atoms with Crippen molar-refractivity contribution in [3.8, 4) is 5.75 Å². The molecule has 0 saturated carbocycles. The Morgan fingerprint density at radius 2 is 2.13 bits per heavy atom. The van der Waals surface area contributed by atoms with Gasteiger partial charge in [0.1, 0.15) is 17.1 Å². The first-order valence-corrected chi connectivity index (χ1v) is 4.10. The molecule has 0 radical (unpaired) electrons. The van der Waals surface area contributed by atoms with E-state index in [-0.39, 0.29) is 0 Å². The Morgan fingerprint density at radius 3 is 2.60 bits per heavy atom. The molecule has 82 valence electrons. The van der Waals surface area contributed by atoms with Gasteiger partial charge in [-0.15, -0.1) is 0 Å². The molecule has 0 amide bonds. The van der Waals surface area contributed by atoms with Crippen molar-refractivity contribution in [2.75, 3.05) is 6.61 Å². The van der Waals surface area contributed by atoms with Gasteiger partial charge in [0, 0.05) is 5.56 Å². The van der Waals surface area contributed by atoms with E-state index in [4.69, 9.17) is 15.9 Å². The van der Waals surface area contributed by atoms with Gasteiger partial charge in [0.05, 0.1) is 12.6 Å². The smallest absolute Gasteiger partial charge is 0.339 e. The first kappa shape index (κ1) is 11.4. The summed E-state index contributed by atoms with van der Waals surface area (Å²) < 4.78 is 13.2. The summed E-state index contributed by atoms with van der Waals surface area (Å²) in [5.41, 5.74) is 4.48. The van der Waals surface area contributed by atoms with Crippen LogP contribution in [0.1, 0.15) is 22.0 Å². The Morgan fingerprint density at radius 1 is 1.53 bits per heavy atom. The number of carboxylic acid groups (broad SMARTS) is 1. The fourth-order valence-electron chi connectivity index (χ4n) is 1.20. The zero-order valence-corrected chi connectivity index (χ0v) is 7.64. The number of aromatic hydroxyl groups is 1. The minimum absolute atomic E-state index is 0.391. The highest BCUT2D eigenvalue weighted by molar-refractivity contribution is 5.91. The van der Waals surface area contributed by atoms with Gasteiger partial charge in [-0.3, -0.25) is 0 Å². The minimum Gasteiger partial charge on any atom is -0.507 e. The Balaban J connectivity index is 3.36. The van der Waals surface area contributed by atoms with Gasteiger partial charge >= 0.3 is 5.97 Å². The fraction of sp³-hybridized carbons (Fsp3) is 0.222. The zero-order chi connectivity index (χ0) is 11.6. The monoisotopic (exact) mass is 215 g/mol. The summed E-state index contributed by atoms with van der Waals surface area (Å²) in [6.07, 6.45) is 0. The average molecular weight is 215 g/mol. The maximum absolute atomic E-state index is 13.2. The number of phenols is 1. The number of carboxylic acids is 1. The van der Waals surface area contributed by atoms with Crippen LogP contribution in [0.25, 0.3) is 0 Å². The summed E-state index contributed by atoms with van der Waals surface area (Å²) >= 11 is 0. The lowest BCUT2D eigenvalue weighted by molar-refractivity contribution is 0.0693. The van der Waals surface area contributed by atoms with Crippen molar-refractivity contribution in [1.29, 1.82) is 0 Å². The van der Waals surface area contributed by atoms with E-state index < -0.39 is 41.3 Å². The molecule has 0 spiro atoms. The lowest BCUT2D eigenvalue weighted by Gasteiger charge is -2.13. The first-order chi connectivity index (χ1) is 6.99. The first-order valence-electron chi connectivity index (χ1n) is 4.10. The number of hydrogen-bond acceptors (Lipinski definition) is 4. The average Bonchev–Trinajstić information content (AvgIpc) is 2.16. The van der Waals surface area contributed by atoms with Crippen molar-refractivity contribution in [3.05, 3.63) is 29.1 Å². The molecule has 0 heterocycles. The number of carbonyl (C=O) groups is 1. The third-order valence-corrected chi connectivity index (χ3v) is 1.96. The number of hydrogen-bond donors (Lipinski definition) is 4. The highest BCUT2D eigenvalue weighted by atomic mass is 19.1. The lowest BCUT2D eigenvalue weighted by atomic mass is 10.0. The molecule has 0 aliphatic rings. The number of nitrogens with two attached hydrogens (primary N) is 1. The van der Waals surface area contributed by atoms with Crippen LogP contribution in [0, 0.1) is 5.82 Å². The van der Waals surface area contributed by atoms with Crippen molar-refractivity contribution in [3.63, 3.8) is 0 Å². The molecule has 1 aromatic rings. The van der Waals surface area contributed by atoms with E-state index in [1.165, 1.54) is 0 Å². The summed E-state index contributed by atoms with van der Waals surface area (Å²) in [6, 6.07) is 0.665. The van der Waals surface area contributed by atoms with Crippen LogP contribution in [-0.4, -0.2) is 27.9 Å². The van der Waals surface area contributed by atoms with Gasteiger partial charge in [-0.05, 0) is 12.1 Å². The summed E-state index contributed by atoms with van der Waals surface area (Å²) in [5.74, 6) is -2.98. The van der Waals surface area contributed by atoms with E-state index in [2.05, 4.69) is 0 Å². The third kappa shape index (κ3) is 2.05. The van der Waals surface area contributed by atoms with Crippen molar-refractivity contribution < 1.29 is 24.5 Å². The van der Waals surface area contributed by atoms with Crippen molar-refractivity contribution in [2.45, 2.75) is 6.04 Å². The summed E-state index contributed by atoms with van der Waals surface area (Å²) in [4.78, 5) is 10.6. The Labute approximate surface area is 84.6 Å². The maximum atomic E-state index is 13.2. The van der Waals surface area contributed by atoms with Crippen LogP contribution in [0.4, 0.5) is 4.39 Å². The number of benzene rings is 1. The van der Waals surface area contributed by atoms with Crippen LogP contribution in [0.3, 0.4) is 0 Å². The predicted molar refractivity (Wildman–Crippen MR) is 49.0 cm³/mol. The van der Waals surface area contributed by atoms with Gasteiger partial charge in [-0.25, -0.2) is 9.18 Å². The SMILES string of the molecule is N[C@@H](CO)c1c(F)ccc(C(=O)O)c1O. The molecule has 15 heavy (non-hydrogen) atoms. The van der Waals surface area contributed by atoms with Crippen LogP contribution >= 0.6 is 0 Å². The lowest BCUT2D eigenvalue weighted by Crippen LogP contribution is -2.17. The summed E-state index contributed by atoms with van der Waals surface area (Å²) in [6.45, 7) is -0.590. The zero-order valence-electron chi connectivity index (χ0n) is 7.64. The van der Waals surface area contributed by atoms with E-state index in [0.29, 0.717) is 0 Å². The number of rotatable bonds is 3. The molecule has 6 heteroatoms. The van der Waals surface area contributed by atoms with E-state index in [1.54, 1.807) is 0 Å². The fourth-order valence-corrected chi connectivity index (χ4v) is 1.20. The second-order valence-electron chi connectivity index (χ2n) is 2.95. The van der Waals surface area contributed by atoms with Gasteiger partial charge < -0.3 is 21.1 Å². The molecule has 0 saturated heterocycles. The summed E-state index contributed by atoms with van der Waals surface area (Å²) in [7, 11) is 0. The Bertz CT molecular complexity index is 394. The quantitative estimate of drug-likeness (QED) is 0.577. The van der Waals surface area contributed by atoms with Crippen molar-refractivity contribution >= 4 is 5.97 Å². The molecule has 0 unspecified atom stereocenters. The van der Waals surface area contributed by atoms with Crippen molar-refractivity contribution in [1.82, 2.24) is 0 Å². The molecular formula is C9H10FNO4. The highest BCUT2D eigenvalue weighted by Crippen LogP contribution is 2.29. The molecule has 1 atom stereocenters. The Hall–Kier alpha value is -1.66. The van der Waals surface area contributed by atoms with Crippen LogP contribution in [0.5, 0.6) is 5.75 Å². The second-order valence-corrected chi connectivity index (χ2v) is 2.95. The van der Waals surface area contributed by atoms with Gasteiger partial charge in [0.2, 0.25) is 0 Å². The molecule has 1 aromatic carbocycles. The maximum Gasteiger partial charge on any atom is 0.339 e. The molecule has 0 aliphatic heterocycles. The minimum atomic E-state index is -1.39. The topological polar surface area (TPSA) is 104 Å². The van der Waals surface area contributed by atoms with Crippen LogP contribution < -0.4 is 5.73 Å². The molecule has 5 nitrogen and oxygen atoms in total. The number of aliphatic hydroxyl groups excluding tert-OH is 1. The molecule has 5 N–H and O–H groups in total. The number of halogens is 1. The number of aromatic carboxylic acids is 1. The summed E-state index contributed by atoms with van der Waals surface area (Å²) in [5, 5.41) is 26.8. The van der Waals surface area contributed by atoms with Gasteiger partial charge in [-0.2, -0.15) is 0 Å². The molecule has 0 fully saturated rings. The Kier molecular flexibility index (Phi) is 3.23. The normalized spacial score (nSPS) is 12.5. The van der Waals surface area contributed by atoms with Crippen molar-refractivity contribution in [2.24, 2.45) is 5.73 Å². The van der Waals surface area contributed by atoms with E-state index in [1.807, 2.05) is 0 Å². The van der Waals surface area contributed by atoms with Gasteiger partial charge in [0.25, 0.3) is 0 Å². The van der Waals surface area contributed by atoms with E-state index >= 15 is 0 Å². The van der Waals surface area contributed by atoms with Gasteiger partial charge in [0.15, 0.2) is 0 Å². The number of aliphatic hydroxyl groups is 1. The predicted octanol–water partition coefficient (Wildman–Crippen LogP) is 0.222. The van der Waals surface area contributed by atoms with Gasteiger partial charge in [-0.1, -0.05) is 0 Å². The third-order valence-electron chi connectivity index (χ3n) is 1.96. The highest BCUT2D eigenvalue weighted by Gasteiger charge is 2.21. The van der Waals surface area contributed by atoms with Crippen LogP contribution in [0.15, 0.2) is 12.1 Å². The van der Waals surface area contributed by atoms with Crippen LogP contribution in [0.2, 0.25) is 0 Å². The molecule has 0 bridgehead atoms. The van der Waals surface area contributed by atoms with Crippen LogP contribution in [-0.2, 0) is 0 Å². The molecule has 0 aliphatic carbocycles.